The average molecular weight is 449 g/mol. The second kappa shape index (κ2) is 7.42. The van der Waals surface area contributed by atoms with Gasteiger partial charge in [-0.15, -0.1) is 0 Å². The Kier molecular flexibility index (Phi) is 5.33. The van der Waals surface area contributed by atoms with Gasteiger partial charge in [-0.05, 0) is 38.8 Å². The Morgan fingerprint density at radius 2 is 1.84 bits per heavy atom. The third-order valence-electron chi connectivity index (χ3n) is 7.89. The lowest BCUT2D eigenvalue weighted by Gasteiger charge is -2.51. The zero-order valence-corrected chi connectivity index (χ0v) is 19.4. The summed E-state index contributed by atoms with van der Waals surface area (Å²) in [6.07, 6.45) is 3.69. The predicted molar refractivity (Wildman–Crippen MR) is 112 cm³/mol. The summed E-state index contributed by atoms with van der Waals surface area (Å²) in [6, 6.07) is 0. The van der Waals surface area contributed by atoms with Crippen molar-refractivity contribution in [3.63, 3.8) is 0 Å². The third kappa shape index (κ3) is 3.14. The van der Waals surface area contributed by atoms with Crippen LogP contribution in [0.2, 0.25) is 0 Å². The molecule has 4 aliphatic rings. The topological polar surface area (TPSA) is 112 Å². The number of fused-ring (bicyclic) bond motifs is 1. The number of carbonyl (C=O) groups is 3. The van der Waals surface area contributed by atoms with Crippen molar-refractivity contribution < 1.29 is 38.4 Å². The molecule has 0 radical (unpaired) electrons. The molecule has 4 rings (SSSR count). The van der Waals surface area contributed by atoms with Crippen LogP contribution in [0.25, 0.3) is 0 Å². The minimum Gasteiger partial charge on any atom is -0.462 e. The largest absolute Gasteiger partial charge is 0.462 e. The van der Waals surface area contributed by atoms with Crippen LogP contribution in [0.3, 0.4) is 0 Å². The summed E-state index contributed by atoms with van der Waals surface area (Å²) in [5.74, 6) is -2.23. The molecule has 0 aromatic carbocycles. The van der Waals surface area contributed by atoms with Gasteiger partial charge in [0.1, 0.15) is 12.2 Å². The number of esters is 3. The summed E-state index contributed by atoms with van der Waals surface area (Å²) in [6.45, 7) is 10.1. The van der Waals surface area contributed by atoms with E-state index in [1.54, 1.807) is 13.0 Å². The zero-order chi connectivity index (χ0) is 23.6. The number of hydrogen-bond donors (Lipinski definition) is 1. The Balaban J connectivity index is 1.86. The standard InChI is InChI=1S/C24H32O8/c1-12-7-8-17(30-15(4)26)22(5)10-9-16(29-14(3)25)13(2)19(22)20(27)24-18(11-12)31-21(28)23(24,6)32-24/h9-11,13,16-20,27H,7-8H2,1-6H3/b12-11-/t13-,16+,17-,18-,19+,20-,22+,23-,24+/m1/s1. The fourth-order valence-electron chi connectivity index (χ4n) is 6.14. The molecule has 176 valence electrons. The molecular formula is C24H32O8. The summed E-state index contributed by atoms with van der Waals surface area (Å²) >= 11 is 0. The van der Waals surface area contributed by atoms with Crippen LogP contribution in [0.5, 0.6) is 0 Å². The van der Waals surface area contributed by atoms with Gasteiger partial charge in [0.25, 0.3) is 0 Å². The molecule has 2 heterocycles. The van der Waals surface area contributed by atoms with Crippen LogP contribution in [0.1, 0.15) is 54.4 Å². The molecule has 0 saturated carbocycles. The summed E-state index contributed by atoms with van der Waals surface area (Å²) in [7, 11) is 0. The van der Waals surface area contributed by atoms with Crippen molar-refractivity contribution in [1.82, 2.24) is 0 Å². The minimum absolute atomic E-state index is 0.342. The van der Waals surface area contributed by atoms with Crippen LogP contribution in [-0.2, 0) is 33.3 Å². The second-order valence-corrected chi connectivity index (χ2v) is 10.0. The van der Waals surface area contributed by atoms with Gasteiger partial charge in [-0.25, -0.2) is 4.79 Å². The third-order valence-corrected chi connectivity index (χ3v) is 7.89. The SMILES string of the molecule is CC(=O)O[C@H]1C=C[C@]2(C)[C@@H]([C@@H]1C)[C@@H](O)[C@]13O[C@]1(C)C(=O)O[C@@H]3/C=C(/C)CC[C@H]2OC(C)=O. The van der Waals surface area contributed by atoms with Gasteiger partial charge in [-0.2, -0.15) is 0 Å². The maximum absolute atomic E-state index is 12.6. The van der Waals surface area contributed by atoms with E-state index < -0.39 is 64.9 Å². The molecule has 2 fully saturated rings. The van der Waals surface area contributed by atoms with E-state index in [0.29, 0.717) is 12.8 Å². The van der Waals surface area contributed by atoms with Crippen molar-refractivity contribution in [3.05, 3.63) is 23.8 Å². The molecule has 1 spiro atoms. The first kappa shape index (κ1) is 23.0. The maximum atomic E-state index is 12.6. The van der Waals surface area contributed by atoms with E-state index in [2.05, 4.69) is 0 Å². The number of aliphatic hydroxyl groups excluding tert-OH is 1. The van der Waals surface area contributed by atoms with Crippen molar-refractivity contribution in [3.8, 4) is 0 Å². The number of ether oxygens (including phenoxy) is 4. The Morgan fingerprint density at radius 1 is 1.19 bits per heavy atom. The average Bonchev–Trinajstić information content (AvgIpc) is 3.28. The maximum Gasteiger partial charge on any atom is 0.342 e. The molecule has 0 aromatic rings. The van der Waals surface area contributed by atoms with Gasteiger partial charge in [0, 0.05) is 31.1 Å². The predicted octanol–water partition coefficient (Wildman–Crippen LogP) is 2.23. The van der Waals surface area contributed by atoms with Crippen LogP contribution >= 0.6 is 0 Å². The van der Waals surface area contributed by atoms with Gasteiger partial charge in [0.15, 0.2) is 17.3 Å². The molecule has 8 heteroatoms. The first-order valence-electron chi connectivity index (χ1n) is 11.2. The summed E-state index contributed by atoms with van der Waals surface area (Å²) in [4.78, 5) is 36.4. The number of rotatable bonds is 2. The van der Waals surface area contributed by atoms with E-state index in [1.807, 2.05) is 32.9 Å². The van der Waals surface area contributed by atoms with Crippen molar-refractivity contribution in [2.24, 2.45) is 17.3 Å². The first-order valence-corrected chi connectivity index (χ1v) is 11.2. The molecule has 2 aliphatic heterocycles. The molecule has 8 nitrogen and oxygen atoms in total. The van der Waals surface area contributed by atoms with E-state index in [0.717, 1.165) is 5.57 Å². The van der Waals surface area contributed by atoms with Crippen LogP contribution < -0.4 is 0 Å². The summed E-state index contributed by atoms with van der Waals surface area (Å²) < 4.78 is 22.9. The van der Waals surface area contributed by atoms with Gasteiger partial charge < -0.3 is 24.1 Å². The number of carbonyl (C=O) groups excluding carboxylic acids is 3. The van der Waals surface area contributed by atoms with Crippen molar-refractivity contribution in [1.29, 1.82) is 0 Å². The Bertz CT molecular complexity index is 908. The molecule has 0 unspecified atom stereocenters. The van der Waals surface area contributed by atoms with Gasteiger partial charge in [-0.3, -0.25) is 9.59 Å². The molecule has 0 amide bonds. The normalized spacial score (nSPS) is 48.8. The monoisotopic (exact) mass is 448 g/mol. The van der Waals surface area contributed by atoms with Gasteiger partial charge in [0.2, 0.25) is 0 Å². The molecule has 9 atom stereocenters. The van der Waals surface area contributed by atoms with Crippen molar-refractivity contribution >= 4 is 17.9 Å². The van der Waals surface area contributed by atoms with Gasteiger partial charge >= 0.3 is 17.9 Å². The lowest BCUT2D eigenvalue weighted by Crippen LogP contribution is -2.59. The molecule has 2 saturated heterocycles. The number of epoxide rings is 1. The van der Waals surface area contributed by atoms with E-state index in [9.17, 15) is 19.5 Å². The molecule has 0 bridgehead atoms. The number of allylic oxidation sites excluding steroid dienone is 1. The number of aliphatic hydroxyl groups is 1. The van der Waals surface area contributed by atoms with E-state index >= 15 is 0 Å². The van der Waals surface area contributed by atoms with Crippen molar-refractivity contribution in [2.75, 3.05) is 0 Å². The Hall–Kier alpha value is -2.19. The molecule has 32 heavy (non-hydrogen) atoms. The quantitative estimate of drug-likeness (QED) is 0.296. The van der Waals surface area contributed by atoms with Crippen LogP contribution in [0.15, 0.2) is 23.8 Å². The number of hydrogen-bond acceptors (Lipinski definition) is 8. The smallest absolute Gasteiger partial charge is 0.342 e. The van der Waals surface area contributed by atoms with Gasteiger partial charge in [-0.1, -0.05) is 25.5 Å². The first-order chi connectivity index (χ1) is 14.9. The fraction of sp³-hybridized carbons (Fsp3) is 0.708. The van der Waals surface area contributed by atoms with Crippen molar-refractivity contribution in [2.45, 2.75) is 90.0 Å². The summed E-state index contributed by atoms with van der Waals surface area (Å²) in [5.41, 5.74) is -2.35. The van der Waals surface area contributed by atoms with E-state index in [1.165, 1.54) is 13.8 Å². The fourth-order valence-corrected chi connectivity index (χ4v) is 6.14. The highest BCUT2D eigenvalue weighted by Crippen LogP contribution is 2.64. The molecule has 2 aliphatic carbocycles. The van der Waals surface area contributed by atoms with Crippen LogP contribution in [-0.4, -0.2) is 58.6 Å². The summed E-state index contributed by atoms with van der Waals surface area (Å²) in [5, 5.41) is 11.9. The lowest BCUT2D eigenvalue weighted by atomic mass is 9.57. The van der Waals surface area contributed by atoms with E-state index in [-0.39, 0.29) is 5.92 Å². The zero-order valence-electron chi connectivity index (χ0n) is 19.4. The van der Waals surface area contributed by atoms with Crippen LogP contribution in [0, 0.1) is 17.3 Å². The van der Waals surface area contributed by atoms with Gasteiger partial charge in [0.05, 0.1) is 6.10 Å². The molecule has 1 N–H and O–H groups in total. The highest BCUT2D eigenvalue weighted by Gasteiger charge is 2.85. The van der Waals surface area contributed by atoms with Crippen LogP contribution in [0.4, 0.5) is 0 Å². The highest BCUT2D eigenvalue weighted by atomic mass is 16.7. The lowest BCUT2D eigenvalue weighted by molar-refractivity contribution is -0.171. The minimum atomic E-state index is -1.26. The Labute approximate surface area is 187 Å². The second-order valence-electron chi connectivity index (χ2n) is 10.0. The molecule has 0 aromatic heterocycles. The van der Waals surface area contributed by atoms with E-state index in [4.69, 9.17) is 18.9 Å². The molecular weight excluding hydrogens is 416 g/mol. The Morgan fingerprint density at radius 3 is 2.44 bits per heavy atom. The highest BCUT2D eigenvalue weighted by molar-refractivity contribution is 5.88.